The van der Waals surface area contributed by atoms with Crippen LogP contribution in [0.1, 0.15) is 38.3 Å². The van der Waals surface area contributed by atoms with E-state index in [1.165, 1.54) is 11.1 Å². The van der Waals surface area contributed by atoms with Crippen molar-refractivity contribution < 1.29 is 4.74 Å². The molecule has 17 heavy (non-hydrogen) atoms. The molecule has 1 rings (SSSR count). The first-order valence-corrected chi connectivity index (χ1v) is 6.50. The lowest BCUT2D eigenvalue weighted by Gasteiger charge is -2.20. The fourth-order valence-electron chi connectivity index (χ4n) is 2.13. The minimum absolute atomic E-state index is 0.241. The largest absolute Gasteiger partial charge is 0.490 e. The van der Waals surface area contributed by atoms with Crippen LogP contribution in [-0.4, -0.2) is 18.7 Å². The van der Waals surface area contributed by atoms with Gasteiger partial charge in [0, 0.05) is 6.04 Å². The Morgan fingerprint density at radius 1 is 1.24 bits per heavy atom. The lowest BCUT2D eigenvalue weighted by Crippen LogP contribution is -2.30. The molecule has 0 amide bonds. The fraction of sp³-hybridized carbons (Fsp3) is 0.600. The molecule has 1 aromatic rings. The normalized spacial score (nSPS) is 14.4. The van der Waals surface area contributed by atoms with Crippen LogP contribution in [0.15, 0.2) is 18.2 Å². The van der Waals surface area contributed by atoms with Gasteiger partial charge in [0.2, 0.25) is 0 Å². The SMILES string of the molecule is CCNC(C)CC(C)Oc1ccc(C)cc1C. The molecule has 0 aliphatic rings. The molecule has 0 saturated heterocycles. The quantitative estimate of drug-likeness (QED) is 0.815. The van der Waals surface area contributed by atoms with Crippen molar-refractivity contribution in [2.45, 2.75) is 53.2 Å². The minimum atomic E-state index is 0.241. The van der Waals surface area contributed by atoms with E-state index in [1.54, 1.807) is 0 Å². The molecule has 2 atom stereocenters. The summed E-state index contributed by atoms with van der Waals surface area (Å²) in [5.41, 5.74) is 2.50. The number of hydrogen-bond donors (Lipinski definition) is 1. The van der Waals surface area contributed by atoms with Gasteiger partial charge in [0.25, 0.3) is 0 Å². The molecule has 2 nitrogen and oxygen atoms in total. The Kier molecular flexibility index (Phi) is 5.49. The second-order valence-electron chi connectivity index (χ2n) is 4.89. The monoisotopic (exact) mass is 235 g/mol. The molecule has 96 valence electrons. The number of aryl methyl sites for hydroxylation is 2. The van der Waals surface area contributed by atoms with E-state index < -0.39 is 0 Å². The number of hydrogen-bond acceptors (Lipinski definition) is 2. The molecule has 2 heteroatoms. The first-order chi connectivity index (χ1) is 8.02. The molecule has 0 aromatic heterocycles. The van der Waals surface area contributed by atoms with Crippen LogP contribution < -0.4 is 10.1 Å². The van der Waals surface area contributed by atoms with Gasteiger partial charge in [0.05, 0.1) is 6.10 Å². The topological polar surface area (TPSA) is 21.3 Å². The Balaban J connectivity index is 2.52. The standard InChI is InChI=1S/C15H25NO/c1-6-16-13(4)10-14(5)17-15-8-7-11(2)9-12(15)3/h7-9,13-14,16H,6,10H2,1-5H3. The molecule has 1 N–H and O–H groups in total. The predicted molar refractivity (Wildman–Crippen MR) is 73.8 cm³/mol. The minimum Gasteiger partial charge on any atom is -0.490 e. The summed E-state index contributed by atoms with van der Waals surface area (Å²) >= 11 is 0. The summed E-state index contributed by atoms with van der Waals surface area (Å²) in [6, 6.07) is 6.83. The maximum atomic E-state index is 5.98. The first-order valence-electron chi connectivity index (χ1n) is 6.50. The molecule has 0 heterocycles. The summed E-state index contributed by atoms with van der Waals surface area (Å²) in [6.07, 6.45) is 1.27. The molecule has 0 saturated carbocycles. The van der Waals surface area contributed by atoms with Crippen molar-refractivity contribution in [1.29, 1.82) is 0 Å². The van der Waals surface area contributed by atoms with E-state index >= 15 is 0 Å². The van der Waals surface area contributed by atoms with Gasteiger partial charge in [-0.25, -0.2) is 0 Å². The first kappa shape index (κ1) is 14.0. The van der Waals surface area contributed by atoms with Crippen molar-refractivity contribution in [2.75, 3.05) is 6.54 Å². The molecule has 0 spiro atoms. The van der Waals surface area contributed by atoms with Crippen molar-refractivity contribution in [1.82, 2.24) is 5.32 Å². The van der Waals surface area contributed by atoms with Crippen LogP contribution in [0.5, 0.6) is 5.75 Å². The second-order valence-corrected chi connectivity index (χ2v) is 4.89. The Morgan fingerprint density at radius 2 is 1.94 bits per heavy atom. The number of benzene rings is 1. The zero-order valence-corrected chi connectivity index (χ0v) is 11.7. The molecule has 0 fully saturated rings. The van der Waals surface area contributed by atoms with E-state index in [4.69, 9.17) is 4.74 Å². The third-order valence-electron chi connectivity index (χ3n) is 2.90. The van der Waals surface area contributed by atoms with Crippen LogP contribution in [0.3, 0.4) is 0 Å². The van der Waals surface area contributed by atoms with E-state index in [0.29, 0.717) is 6.04 Å². The highest BCUT2D eigenvalue weighted by Gasteiger charge is 2.10. The molecular weight excluding hydrogens is 210 g/mol. The molecule has 1 aromatic carbocycles. The molecule has 0 aliphatic heterocycles. The molecule has 2 unspecified atom stereocenters. The van der Waals surface area contributed by atoms with Crippen LogP contribution in [0, 0.1) is 13.8 Å². The summed E-state index contributed by atoms with van der Waals surface area (Å²) in [5, 5.41) is 3.41. The summed E-state index contributed by atoms with van der Waals surface area (Å²) < 4.78 is 5.98. The van der Waals surface area contributed by atoms with E-state index in [-0.39, 0.29) is 6.10 Å². The molecule has 0 bridgehead atoms. The van der Waals surface area contributed by atoms with Crippen LogP contribution in [-0.2, 0) is 0 Å². The van der Waals surface area contributed by atoms with Crippen LogP contribution >= 0.6 is 0 Å². The highest BCUT2D eigenvalue weighted by atomic mass is 16.5. The van der Waals surface area contributed by atoms with Crippen molar-refractivity contribution in [3.63, 3.8) is 0 Å². The zero-order chi connectivity index (χ0) is 12.8. The van der Waals surface area contributed by atoms with Crippen LogP contribution in [0.25, 0.3) is 0 Å². The lowest BCUT2D eigenvalue weighted by molar-refractivity contribution is 0.195. The second kappa shape index (κ2) is 6.65. The van der Waals surface area contributed by atoms with Gasteiger partial charge in [0.15, 0.2) is 0 Å². The highest BCUT2D eigenvalue weighted by Crippen LogP contribution is 2.21. The van der Waals surface area contributed by atoms with Gasteiger partial charge in [-0.2, -0.15) is 0 Å². The van der Waals surface area contributed by atoms with Crippen molar-refractivity contribution >= 4 is 0 Å². The summed E-state index contributed by atoms with van der Waals surface area (Å²) in [7, 11) is 0. The van der Waals surface area contributed by atoms with E-state index in [0.717, 1.165) is 18.7 Å². The number of ether oxygens (including phenoxy) is 1. The maximum absolute atomic E-state index is 5.98. The van der Waals surface area contributed by atoms with Gasteiger partial charge >= 0.3 is 0 Å². The average Bonchev–Trinajstić information content (AvgIpc) is 2.22. The van der Waals surface area contributed by atoms with Gasteiger partial charge in [-0.1, -0.05) is 24.6 Å². The van der Waals surface area contributed by atoms with Gasteiger partial charge < -0.3 is 10.1 Å². The molecule has 0 aliphatic carbocycles. The Labute approximate surface area is 105 Å². The molecule has 0 radical (unpaired) electrons. The van der Waals surface area contributed by atoms with Crippen LogP contribution in [0.4, 0.5) is 0 Å². The van der Waals surface area contributed by atoms with Crippen LogP contribution in [0.2, 0.25) is 0 Å². The van der Waals surface area contributed by atoms with Gasteiger partial charge in [0.1, 0.15) is 5.75 Å². The van der Waals surface area contributed by atoms with E-state index in [9.17, 15) is 0 Å². The summed E-state index contributed by atoms with van der Waals surface area (Å²) in [4.78, 5) is 0. The van der Waals surface area contributed by atoms with Gasteiger partial charge in [-0.3, -0.25) is 0 Å². The third kappa shape index (κ3) is 4.78. The Hall–Kier alpha value is -1.02. The van der Waals surface area contributed by atoms with E-state index in [2.05, 4.69) is 58.1 Å². The lowest BCUT2D eigenvalue weighted by atomic mass is 10.1. The average molecular weight is 235 g/mol. The zero-order valence-electron chi connectivity index (χ0n) is 11.7. The summed E-state index contributed by atoms with van der Waals surface area (Å²) in [5.74, 6) is 1.01. The van der Waals surface area contributed by atoms with Crippen molar-refractivity contribution in [2.24, 2.45) is 0 Å². The van der Waals surface area contributed by atoms with Gasteiger partial charge in [-0.15, -0.1) is 0 Å². The smallest absolute Gasteiger partial charge is 0.122 e. The molecular formula is C15H25NO. The van der Waals surface area contributed by atoms with Crippen molar-refractivity contribution in [3.05, 3.63) is 29.3 Å². The highest BCUT2D eigenvalue weighted by molar-refractivity contribution is 5.35. The Morgan fingerprint density at radius 3 is 2.53 bits per heavy atom. The number of rotatable bonds is 6. The third-order valence-corrected chi connectivity index (χ3v) is 2.90. The van der Waals surface area contributed by atoms with Gasteiger partial charge in [-0.05, 0) is 52.3 Å². The fourth-order valence-corrected chi connectivity index (χ4v) is 2.13. The van der Waals surface area contributed by atoms with E-state index in [1.807, 2.05) is 0 Å². The predicted octanol–water partition coefficient (Wildman–Crippen LogP) is 3.46. The Bertz CT molecular complexity index is 349. The maximum Gasteiger partial charge on any atom is 0.122 e. The summed E-state index contributed by atoms with van der Waals surface area (Å²) in [6.45, 7) is 11.7. The number of nitrogens with one attached hydrogen (secondary N) is 1. The van der Waals surface area contributed by atoms with Crippen molar-refractivity contribution in [3.8, 4) is 5.75 Å².